The number of nitrogens with zero attached hydrogens (tertiary/aromatic N) is 1. The molecule has 0 spiro atoms. The lowest BCUT2D eigenvalue weighted by Crippen LogP contribution is -2.43. The summed E-state index contributed by atoms with van der Waals surface area (Å²) in [5.41, 5.74) is 1.42. The lowest BCUT2D eigenvalue weighted by atomic mass is 10.0. The van der Waals surface area contributed by atoms with Gasteiger partial charge in [0.2, 0.25) is 0 Å². The maximum Gasteiger partial charge on any atom is 0.0587 e. The highest BCUT2D eigenvalue weighted by Crippen LogP contribution is 2.13. The van der Waals surface area contributed by atoms with Crippen LogP contribution in [0.1, 0.15) is 18.4 Å². The van der Waals surface area contributed by atoms with Gasteiger partial charge in [0.1, 0.15) is 0 Å². The Morgan fingerprint density at radius 2 is 1.94 bits per heavy atom. The summed E-state index contributed by atoms with van der Waals surface area (Å²) in [6.07, 6.45) is 2.49. The molecule has 1 aromatic rings. The van der Waals surface area contributed by atoms with E-state index in [0.717, 1.165) is 19.7 Å². The molecule has 100 valence electrons. The molecule has 18 heavy (non-hydrogen) atoms. The second-order valence-electron chi connectivity index (χ2n) is 4.98. The number of piperidine rings is 1. The van der Waals surface area contributed by atoms with Crippen molar-refractivity contribution in [2.45, 2.75) is 25.4 Å². The molecule has 2 rings (SSSR count). The number of likely N-dealkylation sites (tertiary alicyclic amines) is 1. The van der Waals surface area contributed by atoms with Crippen LogP contribution in [-0.4, -0.2) is 44.3 Å². The Balaban J connectivity index is 1.67. The third-order valence-electron chi connectivity index (χ3n) is 3.58. The summed E-state index contributed by atoms with van der Waals surface area (Å²) in [7, 11) is 1.75. The summed E-state index contributed by atoms with van der Waals surface area (Å²) in [5.74, 6) is 0. The maximum atomic E-state index is 5.06. The summed E-state index contributed by atoms with van der Waals surface area (Å²) < 4.78 is 5.06. The van der Waals surface area contributed by atoms with E-state index in [4.69, 9.17) is 4.74 Å². The minimum atomic E-state index is 0.673. The number of benzene rings is 1. The minimum Gasteiger partial charge on any atom is -0.383 e. The molecule has 1 aliphatic heterocycles. The Labute approximate surface area is 110 Å². The lowest BCUT2D eigenvalue weighted by Gasteiger charge is -2.32. The molecular weight excluding hydrogens is 224 g/mol. The van der Waals surface area contributed by atoms with Gasteiger partial charge in [0.05, 0.1) is 6.61 Å². The van der Waals surface area contributed by atoms with Gasteiger partial charge in [-0.15, -0.1) is 0 Å². The third kappa shape index (κ3) is 4.41. The standard InChI is InChI=1S/C15H24N2O/c1-18-12-9-16-15-7-10-17(11-8-15)13-14-5-3-2-4-6-14/h2-6,15-16H,7-13H2,1H3. The van der Waals surface area contributed by atoms with Gasteiger partial charge in [0.25, 0.3) is 0 Å². The molecule has 0 saturated carbocycles. The van der Waals surface area contributed by atoms with Crippen molar-refractivity contribution < 1.29 is 4.74 Å². The molecule has 1 N–H and O–H groups in total. The van der Waals surface area contributed by atoms with Gasteiger partial charge in [-0.2, -0.15) is 0 Å². The van der Waals surface area contributed by atoms with E-state index in [9.17, 15) is 0 Å². The quantitative estimate of drug-likeness (QED) is 0.778. The van der Waals surface area contributed by atoms with E-state index in [0.29, 0.717) is 6.04 Å². The summed E-state index contributed by atoms with van der Waals surface area (Å²) in [5, 5.41) is 3.56. The fraction of sp³-hybridized carbons (Fsp3) is 0.600. The zero-order valence-electron chi connectivity index (χ0n) is 11.3. The van der Waals surface area contributed by atoms with Crippen LogP contribution in [-0.2, 0) is 11.3 Å². The fourth-order valence-corrected chi connectivity index (χ4v) is 2.50. The highest BCUT2D eigenvalue weighted by molar-refractivity contribution is 5.14. The van der Waals surface area contributed by atoms with Crippen molar-refractivity contribution in [3.63, 3.8) is 0 Å². The second-order valence-corrected chi connectivity index (χ2v) is 4.98. The van der Waals surface area contributed by atoms with Gasteiger partial charge < -0.3 is 10.1 Å². The van der Waals surface area contributed by atoms with E-state index >= 15 is 0 Å². The summed E-state index contributed by atoms with van der Waals surface area (Å²) >= 11 is 0. The Kier molecular flexibility index (Phi) is 5.65. The largest absolute Gasteiger partial charge is 0.383 e. The molecule has 0 aromatic heterocycles. The predicted molar refractivity (Wildman–Crippen MR) is 74.6 cm³/mol. The molecule has 1 aromatic carbocycles. The van der Waals surface area contributed by atoms with E-state index in [-0.39, 0.29) is 0 Å². The topological polar surface area (TPSA) is 24.5 Å². The molecule has 0 unspecified atom stereocenters. The van der Waals surface area contributed by atoms with Crippen molar-refractivity contribution in [3.05, 3.63) is 35.9 Å². The zero-order chi connectivity index (χ0) is 12.6. The molecule has 1 aliphatic rings. The van der Waals surface area contributed by atoms with E-state index in [1.165, 1.54) is 31.5 Å². The van der Waals surface area contributed by atoms with E-state index in [1.807, 2.05) is 0 Å². The van der Waals surface area contributed by atoms with E-state index in [1.54, 1.807) is 7.11 Å². The molecule has 1 saturated heterocycles. The SMILES string of the molecule is COCCNC1CCN(Cc2ccccc2)CC1. The van der Waals surface area contributed by atoms with Crippen LogP contribution in [0.3, 0.4) is 0 Å². The predicted octanol–water partition coefficient (Wildman–Crippen LogP) is 1.89. The normalized spacial score (nSPS) is 18.1. The van der Waals surface area contributed by atoms with Crippen LogP contribution in [0.5, 0.6) is 0 Å². The van der Waals surface area contributed by atoms with Crippen molar-refractivity contribution in [3.8, 4) is 0 Å². The van der Waals surface area contributed by atoms with Crippen molar-refractivity contribution in [1.82, 2.24) is 10.2 Å². The van der Waals surface area contributed by atoms with Gasteiger partial charge in [0.15, 0.2) is 0 Å². The molecule has 0 aliphatic carbocycles. The molecular formula is C15H24N2O. The fourth-order valence-electron chi connectivity index (χ4n) is 2.50. The molecule has 0 bridgehead atoms. The molecule has 0 atom stereocenters. The summed E-state index contributed by atoms with van der Waals surface area (Å²) in [6.45, 7) is 5.26. The van der Waals surface area contributed by atoms with Crippen molar-refractivity contribution in [2.75, 3.05) is 33.4 Å². The first kappa shape index (κ1) is 13.5. The number of methoxy groups -OCH3 is 1. The molecule has 3 nitrogen and oxygen atoms in total. The monoisotopic (exact) mass is 248 g/mol. The molecule has 0 radical (unpaired) electrons. The first-order valence-corrected chi connectivity index (χ1v) is 6.87. The number of hydrogen-bond donors (Lipinski definition) is 1. The third-order valence-corrected chi connectivity index (χ3v) is 3.58. The van der Waals surface area contributed by atoms with Crippen molar-refractivity contribution >= 4 is 0 Å². The van der Waals surface area contributed by atoms with Crippen LogP contribution < -0.4 is 5.32 Å². The van der Waals surface area contributed by atoms with Crippen LogP contribution >= 0.6 is 0 Å². The minimum absolute atomic E-state index is 0.673. The van der Waals surface area contributed by atoms with Gasteiger partial charge in [-0.25, -0.2) is 0 Å². The number of nitrogens with one attached hydrogen (secondary N) is 1. The summed E-state index contributed by atoms with van der Waals surface area (Å²) in [4.78, 5) is 2.55. The maximum absolute atomic E-state index is 5.06. The Bertz CT molecular complexity index is 321. The first-order chi connectivity index (χ1) is 8.88. The zero-order valence-corrected chi connectivity index (χ0v) is 11.3. The van der Waals surface area contributed by atoms with E-state index in [2.05, 4.69) is 40.5 Å². The Morgan fingerprint density at radius 1 is 1.22 bits per heavy atom. The molecule has 3 heteroatoms. The van der Waals surface area contributed by atoms with Crippen LogP contribution in [0.4, 0.5) is 0 Å². The average molecular weight is 248 g/mol. The lowest BCUT2D eigenvalue weighted by molar-refractivity contribution is 0.168. The molecule has 1 fully saturated rings. The van der Waals surface area contributed by atoms with Gasteiger partial charge >= 0.3 is 0 Å². The highest BCUT2D eigenvalue weighted by atomic mass is 16.5. The van der Waals surface area contributed by atoms with Gasteiger partial charge in [-0.05, 0) is 31.5 Å². The van der Waals surface area contributed by atoms with E-state index < -0.39 is 0 Å². The molecule has 0 amide bonds. The van der Waals surface area contributed by atoms with Gasteiger partial charge in [-0.1, -0.05) is 30.3 Å². The number of hydrogen-bond acceptors (Lipinski definition) is 3. The smallest absolute Gasteiger partial charge is 0.0587 e. The van der Waals surface area contributed by atoms with Crippen LogP contribution in [0.2, 0.25) is 0 Å². The second kappa shape index (κ2) is 7.52. The van der Waals surface area contributed by atoms with Crippen LogP contribution in [0.15, 0.2) is 30.3 Å². The van der Waals surface area contributed by atoms with Crippen molar-refractivity contribution in [1.29, 1.82) is 0 Å². The average Bonchev–Trinajstić information content (AvgIpc) is 2.42. The Hall–Kier alpha value is -0.900. The first-order valence-electron chi connectivity index (χ1n) is 6.87. The molecule has 1 heterocycles. The number of ether oxygens (including phenoxy) is 1. The van der Waals surface area contributed by atoms with Crippen LogP contribution in [0, 0.1) is 0 Å². The Morgan fingerprint density at radius 3 is 2.61 bits per heavy atom. The van der Waals surface area contributed by atoms with Gasteiger partial charge in [0, 0.05) is 26.2 Å². The summed E-state index contributed by atoms with van der Waals surface area (Å²) in [6, 6.07) is 11.4. The van der Waals surface area contributed by atoms with Crippen LogP contribution in [0.25, 0.3) is 0 Å². The van der Waals surface area contributed by atoms with Gasteiger partial charge in [-0.3, -0.25) is 4.90 Å². The number of rotatable bonds is 6. The highest BCUT2D eigenvalue weighted by Gasteiger charge is 2.18. The van der Waals surface area contributed by atoms with Crippen molar-refractivity contribution in [2.24, 2.45) is 0 Å².